The van der Waals surface area contributed by atoms with Crippen molar-refractivity contribution in [3.05, 3.63) is 54.6 Å². The minimum Gasteiger partial charge on any atom is -0.490 e. The van der Waals surface area contributed by atoms with Crippen molar-refractivity contribution in [3.63, 3.8) is 0 Å². The van der Waals surface area contributed by atoms with Crippen molar-refractivity contribution in [2.45, 2.75) is 77.9 Å². The number of rotatable bonds is 3. The first-order valence-corrected chi connectivity index (χ1v) is 13.9. The molecular formula is C32H41NO2. The molecule has 1 heterocycles. The van der Waals surface area contributed by atoms with Crippen LogP contribution in [0.25, 0.3) is 11.1 Å². The van der Waals surface area contributed by atoms with Gasteiger partial charge in [0.15, 0.2) is 0 Å². The first kappa shape index (κ1) is 23.1. The Kier molecular flexibility index (Phi) is 5.54. The van der Waals surface area contributed by atoms with E-state index < -0.39 is 0 Å². The lowest BCUT2D eigenvalue weighted by atomic mass is 9.45. The number of amides is 1. The van der Waals surface area contributed by atoms with Gasteiger partial charge in [-0.1, -0.05) is 63.2 Å². The van der Waals surface area contributed by atoms with Crippen molar-refractivity contribution in [1.29, 1.82) is 0 Å². The van der Waals surface area contributed by atoms with E-state index >= 15 is 0 Å². The molecule has 3 saturated carbocycles. The zero-order valence-corrected chi connectivity index (χ0v) is 21.9. The molecule has 8 atom stereocenters. The van der Waals surface area contributed by atoms with Crippen molar-refractivity contribution in [1.82, 2.24) is 4.90 Å². The van der Waals surface area contributed by atoms with E-state index in [1.807, 2.05) is 0 Å². The largest absolute Gasteiger partial charge is 0.490 e. The Morgan fingerprint density at radius 3 is 2.37 bits per heavy atom. The fourth-order valence-electron chi connectivity index (χ4n) is 9.10. The number of hydrogen-bond donors (Lipinski definition) is 0. The fourth-order valence-corrected chi connectivity index (χ4v) is 9.10. The van der Waals surface area contributed by atoms with Crippen LogP contribution in [-0.4, -0.2) is 30.0 Å². The molecule has 3 heteroatoms. The maximum Gasteiger partial charge on any atom is 0.222 e. The van der Waals surface area contributed by atoms with E-state index in [1.165, 1.54) is 43.2 Å². The number of carbonyl (C=O) groups excluding carboxylic acids is 1. The van der Waals surface area contributed by atoms with Crippen LogP contribution >= 0.6 is 0 Å². The number of piperidine rings is 1. The van der Waals surface area contributed by atoms with Gasteiger partial charge in [0.25, 0.3) is 0 Å². The molecule has 6 rings (SSSR count). The molecule has 3 aliphatic carbocycles. The van der Waals surface area contributed by atoms with Gasteiger partial charge in [-0.05, 0) is 96.3 Å². The highest BCUT2D eigenvalue weighted by molar-refractivity contribution is 5.77. The number of likely N-dealkylation sites (tertiary alicyclic amines) is 1. The topological polar surface area (TPSA) is 29.5 Å². The Morgan fingerprint density at radius 1 is 0.914 bits per heavy atom. The third kappa shape index (κ3) is 3.72. The van der Waals surface area contributed by atoms with Crippen LogP contribution in [0.1, 0.15) is 65.7 Å². The van der Waals surface area contributed by atoms with Gasteiger partial charge in [-0.25, -0.2) is 0 Å². The van der Waals surface area contributed by atoms with Gasteiger partial charge in [0.05, 0.1) is 6.10 Å². The monoisotopic (exact) mass is 471 g/mol. The Morgan fingerprint density at radius 2 is 1.63 bits per heavy atom. The molecule has 3 nitrogen and oxygen atoms in total. The molecule has 35 heavy (non-hydrogen) atoms. The van der Waals surface area contributed by atoms with Gasteiger partial charge >= 0.3 is 0 Å². The molecule has 1 aliphatic heterocycles. The average Bonchev–Trinajstić information content (AvgIpc) is 3.20. The van der Waals surface area contributed by atoms with E-state index in [-0.39, 0.29) is 5.41 Å². The zero-order chi connectivity index (χ0) is 24.4. The lowest BCUT2D eigenvalue weighted by Gasteiger charge is -2.63. The Hall–Kier alpha value is -2.29. The summed E-state index contributed by atoms with van der Waals surface area (Å²) in [4.78, 5) is 14.6. The molecule has 0 N–H and O–H groups in total. The van der Waals surface area contributed by atoms with Gasteiger partial charge in [-0.15, -0.1) is 0 Å². The van der Waals surface area contributed by atoms with Crippen molar-refractivity contribution < 1.29 is 9.53 Å². The third-order valence-electron chi connectivity index (χ3n) is 10.9. The van der Waals surface area contributed by atoms with E-state index in [9.17, 15) is 4.79 Å². The molecule has 2 aromatic carbocycles. The number of carbonyl (C=O) groups is 1. The summed E-state index contributed by atoms with van der Waals surface area (Å²) in [5.74, 6) is 4.24. The molecule has 0 spiro atoms. The predicted octanol–water partition coefficient (Wildman–Crippen LogP) is 7.21. The van der Waals surface area contributed by atoms with Crippen LogP contribution in [0.4, 0.5) is 0 Å². The highest BCUT2D eigenvalue weighted by atomic mass is 16.5. The average molecular weight is 472 g/mol. The van der Waals surface area contributed by atoms with Crippen molar-refractivity contribution in [3.8, 4) is 16.9 Å². The summed E-state index contributed by atoms with van der Waals surface area (Å²) < 4.78 is 6.65. The molecule has 0 radical (unpaired) electrons. The van der Waals surface area contributed by atoms with E-state index in [1.54, 1.807) is 0 Å². The van der Waals surface area contributed by atoms with E-state index in [4.69, 9.17) is 4.74 Å². The maximum atomic E-state index is 12.5. The second-order valence-corrected chi connectivity index (χ2v) is 12.8. The molecular weight excluding hydrogens is 430 g/mol. The summed E-state index contributed by atoms with van der Waals surface area (Å²) in [5.41, 5.74) is 3.14. The summed E-state index contributed by atoms with van der Waals surface area (Å²) in [5, 5.41) is 0. The summed E-state index contributed by atoms with van der Waals surface area (Å²) in [6.45, 7) is 7.55. The van der Waals surface area contributed by atoms with E-state index in [0.717, 1.165) is 36.3 Å². The first-order valence-electron chi connectivity index (χ1n) is 13.9. The summed E-state index contributed by atoms with van der Waals surface area (Å²) >= 11 is 0. The van der Waals surface area contributed by atoms with E-state index in [0.29, 0.717) is 29.4 Å². The molecule has 4 aliphatic rings. The molecule has 186 valence electrons. The molecule has 4 fully saturated rings. The lowest BCUT2D eigenvalue weighted by Crippen LogP contribution is -2.62. The number of nitrogens with zero attached hydrogens (tertiary/aromatic N) is 1. The summed E-state index contributed by atoms with van der Waals surface area (Å²) in [6.07, 6.45) is 8.25. The third-order valence-corrected chi connectivity index (χ3v) is 10.9. The minimum absolute atomic E-state index is 0.271. The molecule has 0 aromatic heterocycles. The quantitative estimate of drug-likeness (QED) is 0.473. The molecule has 2 aromatic rings. The van der Waals surface area contributed by atoms with Gasteiger partial charge < -0.3 is 9.64 Å². The normalized spacial score (nSPS) is 40.6. The van der Waals surface area contributed by atoms with E-state index in [2.05, 4.69) is 87.3 Å². The number of ether oxygens (including phenoxy) is 1. The van der Waals surface area contributed by atoms with Gasteiger partial charge in [0.1, 0.15) is 5.75 Å². The Bertz CT molecular complexity index is 1080. The molecule has 1 saturated heterocycles. The predicted molar refractivity (Wildman–Crippen MR) is 141 cm³/mol. The Balaban J connectivity index is 1.20. The van der Waals surface area contributed by atoms with Crippen LogP contribution in [0, 0.1) is 34.5 Å². The van der Waals surface area contributed by atoms with Crippen molar-refractivity contribution in [2.24, 2.45) is 34.5 Å². The van der Waals surface area contributed by atoms with Crippen LogP contribution in [0.2, 0.25) is 0 Å². The number of benzene rings is 2. The van der Waals surface area contributed by atoms with Crippen molar-refractivity contribution >= 4 is 5.91 Å². The summed E-state index contributed by atoms with van der Waals surface area (Å²) in [7, 11) is 2.06. The second kappa shape index (κ2) is 8.39. The standard InChI is InChI=1S/C32H41NO2/c1-21-18-28-32(3,17-15-29(34)33(28)4)26-14-16-31(2)20-25(19-27(31)30(21)26)35-24-12-10-23(11-13-24)22-8-6-5-7-9-22/h5-13,21,25-28,30H,14-20H2,1-4H3/t21-,25-,26-,27-,28+,30?,31+,32+/m0/s1. The smallest absolute Gasteiger partial charge is 0.222 e. The maximum absolute atomic E-state index is 12.5. The van der Waals surface area contributed by atoms with Gasteiger partial charge in [0.2, 0.25) is 5.91 Å². The van der Waals surface area contributed by atoms with Gasteiger partial charge in [-0.3, -0.25) is 4.79 Å². The van der Waals surface area contributed by atoms with Crippen LogP contribution < -0.4 is 4.74 Å². The first-order chi connectivity index (χ1) is 16.8. The zero-order valence-electron chi connectivity index (χ0n) is 21.9. The number of fused-ring (bicyclic) bond motifs is 5. The fraction of sp³-hybridized carbons (Fsp3) is 0.594. The Labute approximate surface area is 211 Å². The minimum atomic E-state index is 0.271. The number of hydrogen-bond acceptors (Lipinski definition) is 2. The van der Waals surface area contributed by atoms with Crippen molar-refractivity contribution in [2.75, 3.05) is 7.05 Å². The van der Waals surface area contributed by atoms with Crippen LogP contribution in [0.5, 0.6) is 5.75 Å². The molecule has 1 amide bonds. The SMILES string of the molecule is C[C@H]1C[C@H]2N(C)C(=O)CC[C@]2(C)[C@H]2CC[C@]3(C)C[C@@H](Oc4ccc(-c5ccccc5)cc4)C[C@H]3C12. The van der Waals surface area contributed by atoms with Crippen LogP contribution in [0.15, 0.2) is 54.6 Å². The highest BCUT2D eigenvalue weighted by Gasteiger charge is 2.62. The second-order valence-electron chi connectivity index (χ2n) is 12.8. The van der Waals surface area contributed by atoms with Crippen LogP contribution in [-0.2, 0) is 4.79 Å². The molecule has 1 unspecified atom stereocenters. The highest BCUT2D eigenvalue weighted by Crippen LogP contribution is 2.66. The van der Waals surface area contributed by atoms with Crippen LogP contribution in [0.3, 0.4) is 0 Å². The van der Waals surface area contributed by atoms with Gasteiger partial charge in [-0.2, -0.15) is 0 Å². The lowest BCUT2D eigenvalue weighted by molar-refractivity contribution is -0.164. The van der Waals surface area contributed by atoms with Gasteiger partial charge in [0, 0.05) is 19.5 Å². The summed E-state index contributed by atoms with van der Waals surface area (Å²) in [6, 6.07) is 19.7. The molecule has 0 bridgehead atoms.